The average molecular weight is 247 g/mol. The van der Waals surface area contributed by atoms with Crippen LogP contribution in [0.2, 0.25) is 0 Å². The van der Waals surface area contributed by atoms with Gasteiger partial charge in [0, 0.05) is 6.54 Å². The fourth-order valence-corrected chi connectivity index (χ4v) is 1.85. The maximum absolute atomic E-state index is 11.7. The third kappa shape index (κ3) is 2.41. The molecule has 0 aliphatic carbocycles. The maximum Gasteiger partial charge on any atom is 0.330 e. The smallest absolute Gasteiger partial charge is 0.330 e. The minimum absolute atomic E-state index is 0.269. The zero-order chi connectivity index (χ0) is 13.0. The lowest BCUT2D eigenvalue weighted by atomic mass is 10.2. The highest BCUT2D eigenvalue weighted by Crippen LogP contribution is 2.18. The van der Waals surface area contributed by atoms with Crippen LogP contribution in [0.25, 0.3) is 0 Å². The van der Waals surface area contributed by atoms with Crippen molar-refractivity contribution in [3.05, 3.63) is 23.9 Å². The summed E-state index contributed by atoms with van der Waals surface area (Å²) in [6.07, 6.45) is 0. The van der Waals surface area contributed by atoms with Crippen LogP contribution in [0, 0.1) is 11.3 Å². The Hall–Kier alpha value is -2.13. The molecule has 1 aliphatic rings. The van der Waals surface area contributed by atoms with E-state index in [1.165, 1.54) is 7.11 Å². The molecule has 6 nitrogen and oxygen atoms in total. The summed E-state index contributed by atoms with van der Waals surface area (Å²) in [6.45, 7) is 1.33. The molecule has 1 fully saturated rings. The molecular weight excluding hydrogens is 234 g/mol. The summed E-state index contributed by atoms with van der Waals surface area (Å²) in [5.41, 5.74) is 0.322. The van der Waals surface area contributed by atoms with Gasteiger partial charge in [-0.15, -0.1) is 0 Å². The Morgan fingerprint density at radius 3 is 3.22 bits per heavy atom. The lowest BCUT2D eigenvalue weighted by molar-refractivity contribution is -0.144. The summed E-state index contributed by atoms with van der Waals surface area (Å²) >= 11 is 0. The highest BCUT2D eigenvalue weighted by atomic mass is 16.5. The SMILES string of the molecule is COC(=O)C1COCCN1c1cccc(C#N)n1. The number of esters is 1. The fourth-order valence-electron chi connectivity index (χ4n) is 1.85. The molecule has 2 rings (SSSR count). The predicted octanol–water partition coefficient (Wildman–Crippen LogP) is 0.331. The third-order valence-electron chi connectivity index (χ3n) is 2.74. The molecule has 1 atom stereocenters. The first-order valence-corrected chi connectivity index (χ1v) is 5.55. The molecule has 1 aliphatic heterocycles. The maximum atomic E-state index is 11.7. The number of anilines is 1. The monoisotopic (exact) mass is 247 g/mol. The van der Waals surface area contributed by atoms with Crippen LogP contribution in [0.1, 0.15) is 5.69 Å². The molecule has 18 heavy (non-hydrogen) atoms. The van der Waals surface area contributed by atoms with E-state index in [0.29, 0.717) is 24.7 Å². The van der Waals surface area contributed by atoms with Gasteiger partial charge >= 0.3 is 5.97 Å². The lowest BCUT2D eigenvalue weighted by Crippen LogP contribution is -2.51. The minimum Gasteiger partial charge on any atom is -0.467 e. The fraction of sp³-hybridized carbons (Fsp3) is 0.417. The van der Waals surface area contributed by atoms with Crippen molar-refractivity contribution in [2.45, 2.75) is 6.04 Å². The first kappa shape index (κ1) is 12.3. The molecule has 0 spiro atoms. The number of ether oxygens (including phenoxy) is 2. The molecule has 6 heteroatoms. The molecule has 1 aromatic rings. The molecule has 1 unspecified atom stereocenters. The molecule has 1 saturated heterocycles. The van der Waals surface area contributed by atoms with Crippen LogP contribution >= 0.6 is 0 Å². The number of carbonyl (C=O) groups is 1. The molecule has 0 saturated carbocycles. The normalized spacial score (nSPS) is 19.1. The van der Waals surface area contributed by atoms with Gasteiger partial charge in [-0.3, -0.25) is 0 Å². The van der Waals surface area contributed by atoms with Crippen molar-refractivity contribution in [2.75, 3.05) is 31.8 Å². The lowest BCUT2D eigenvalue weighted by Gasteiger charge is -2.34. The van der Waals surface area contributed by atoms with Crippen molar-refractivity contribution < 1.29 is 14.3 Å². The molecule has 0 radical (unpaired) electrons. The number of carbonyl (C=O) groups excluding carboxylic acids is 1. The third-order valence-corrected chi connectivity index (χ3v) is 2.74. The molecule has 0 N–H and O–H groups in total. The Balaban J connectivity index is 2.28. The first-order valence-electron chi connectivity index (χ1n) is 5.55. The number of nitriles is 1. The number of methoxy groups -OCH3 is 1. The van der Waals surface area contributed by atoms with Gasteiger partial charge in [0.05, 0.1) is 20.3 Å². The summed E-state index contributed by atoms with van der Waals surface area (Å²) in [5.74, 6) is 0.228. The highest BCUT2D eigenvalue weighted by Gasteiger charge is 2.31. The number of rotatable bonds is 2. The number of morpholine rings is 1. The van der Waals surface area contributed by atoms with E-state index in [4.69, 9.17) is 14.7 Å². The summed E-state index contributed by atoms with van der Waals surface area (Å²) < 4.78 is 10.0. The van der Waals surface area contributed by atoms with E-state index >= 15 is 0 Å². The van der Waals surface area contributed by atoms with Crippen LogP contribution < -0.4 is 4.90 Å². The van der Waals surface area contributed by atoms with Crippen LogP contribution in [-0.4, -0.2) is 43.9 Å². The molecule has 0 aromatic carbocycles. The largest absolute Gasteiger partial charge is 0.467 e. The molecular formula is C12H13N3O3. The second-order valence-corrected chi connectivity index (χ2v) is 3.80. The van der Waals surface area contributed by atoms with E-state index in [1.54, 1.807) is 23.1 Å². The van der Waals surface area contributed by atoms with Gasteiger partial charge in [-0.2, -0.15) is 5.26 Å². The van der Waals surface area contributed by atoms with Gasteiger partial charge in [0.2, 0.25) is 0 Å². The second kappa shape index (κ2) is 5.47. The van der Waals surface area contributed by atoms with Gasteiger partial charge in [-0.05, 0) is 12.1 Å². The zero-order valence-corrected chi connectivity index (χ0v) is 10.00. The molecule has 1 aromatic heterocycles. The Morgan fingerprint density at radius 1 is 1.67 bits per heavy atom. The summed E-state index contributed by atoms with van der Waals surface area (Å²) in [5, 5.41) is 8.83. The van der Waals surface area contributed by atoms with E-state index in [1.807, 2.05) is 6.07 Å². The Labute approximate surface area is 105 Å². The minimum atomic E-state index is -0.509. The number of aromatic nitrogens is 1. The summed E-state index contributed by atoms with van der Waals surface area (Å²) in [7, 11) is 1.34. The van der Waals surface area contributed by atoms with Crippen molar-refractivity contribution in [1.82, 2.24) is 4.98 Å². The van der Waals surface area contributed by atoms with E-state index in [2.05, 4.69) is 4.98 Å². The topological polar surface area (TPSA) is 75.5 Å². The van der Waals surface area contributed by atoms with Gasteiger partial charge < -0.3 is 14.4 Å². The predicted molar refractivity (Wildman–Crippen MR) is 62.9 cm³/mol. The molecule has 94 valence electrons. The summed E-state index contributed by atoms with van der Waals surface area (Å²) in [4.78, 5) is 17.7. The Kier molecular flexibility index (Phi) is 3.75. The average Bonchev–Trinajstić information content (AvgIpc) is 2.46. The van der Waals surface area contributed by atoms with E-state index < -0.39 is 6.04 Å². The molecule has 0 bridgehead atoms. The van der Waals surface area contributed by atoms with Crippen LogP contribution in [0.5, 0.6) is 0 Å². The van der Waals surface area contributed by atoms with Crippen molar-refractivity contribution >= 4 is 11.8 Å². The Morgan fingerprint density at radius 2 is 2.50 bits per heavy atom. The van der Waals surface area contributed by atoms with Gasteiger partial charge in [-0.1, -0.05) is 6.07 Å². The standard InChI is InChI=1S/C12H13N3O3/c1-17-12(16)10-8-18-6-5-15(10)11-4-2-3-9(7-13)14-11/h2-4,10H,5-6,8H2,1H3. The van der Waals surface area contributed by atoms with Crippen LogP contribution in [0.15, 0.2) is 18.2 Å². The van der Waals surface area contributed by atoms with E-state index in [9.17, 15) is 4.79 Å². The number of hydrogen-bond donors (Lipinski definition) is 0. The second-order valence-electron chi connectivity index (χ2n) is 3.80. The van der Waals surface area contributed by atoms with Crippen molar-refractivity contribution in [3.63, 3.8) is 0 Å². The van der Waals surface area contributed by atoms with Gasteiger partial charge in [0.25, 0.3) is 0 Å². The van der Waals surface area contributed by atoms with E-state index in [0.717, 1.165) is 0 Å². The molecule has 0 amide bonds. The van der Waals surface area contributed by atoms with Crippen molar-refractivity contribution in [2.24, 2.45) is 0 Å². The Bertz CT molecular complexity index is 484. The van der Waals surface area contributed by atoms with E-state index in [-0.39, 0.29) is 12.6 Å². The van der Waals surface area contributed by atoms with Gasteiger partial charge in [-0.25, -0.2) is 9.78 Å². The summed E-state index contributed by atoms with van der Waals surface area (Å²) in [6, 6.07) is 6.60. The zero-order valence-electron chi connectivity index (χ0n) is 10.00. The first-order chi connectivity index (χ1) is 8.76. The highest BCUT2D eigenvalue weighted by molar-refractivity contribution is 5.80. The van der Waals surface area contributed by atoms with Crippen LogP contribution in [0.4, 0.5) is 5.82 Å². The quantitative estimate of drug-likeness (QED) is 0.701. The van der Waals surface area contributed by atoms with Gasteiger partial charge in [0.1, 0.15) is 17.6 Å². The molecule has 2 heterocycles. The number of hydrogen-bond acceptors (Lipinski definition) is 6. The van der Waals surface area contributed by atoms with Crippen LogP contribution in [0.3, 0.4) is 0 Å². The van der Waals surface area contributed by atoms with Gasteiger partial charge in [0.15, 0.2) is 6.04 Å². The number of nitrogens with zero attached hydrogens (tertiary/aromatic N) is 3. The van der Waals surface area contributed by atoms with Crippen molar-refractivity contribution in [3.8, 4) is 6.07 Å². The van der Waals surface area contributed by atoms with Crippen molar-refractivity contribution in [1.29, 1.82) is 5.26 Å². The number of pyridine rings is 1. The van der Waals surface area contributed by atoms with Crippen LogP contribution in [-0.2, 0) is 14.3 Å².